The van der Waals surface area contributed by atoms with Gasteiger partial charge in [0.25, 0.3) is 0 Å². The van der Waals surface area contributed by atoms with E-state index in [1.807, 2.05) is 0 Å². The van der Waals surface area contributed by atoms with Gasteiger partial charge in [-0.15, -0.1) is 24.8 Å². The summed E-state index contributed by atoms with van der Waals surface area (Å²) in [5.41, 5.74) is 0.0775. The molecule has 27 heavy (non-hydrogen) atoms. The molecule has 1 fully saturated rings. The molecule has 0 aromatic heterocycles. The van der Waals surface area contributed by atoms with Crippen molar-refractivity contribution in [2.75, 3.05) is 53.5 Å². The third-order valence-electron chi connectivity index (χ3n) is 4.04. The van der Waals surface area contributed by atoms with Gasteiger partial charge in [0.15, 0.2) is 0 Å². The smallest absolute Gasteiger partial charge is 0.341 e. The maximum Gasteiger partial charge on any atom is 0.341 e. The van der Waals surface area contributed by atoms with Crippen molar-refractivity contribution in [1.29, 1.82) is 0 Å². The Morgan fingerprint density at radius 2 is 1.89 bits per heavy atom. The lowest BCUT2D eigenvalue weighted by Gasteiger charge is -2.27. The second kappa shape index (κ2) is 12.4. The maximum absolute atomic E-state index is 12.4. The summed E-state index contributed by atoms with van der Waals surface area (Å²) in [7, 11) is -1.06. The molecule has 8 nitrogen and oxygen atoms in total. The molecule has 0 spiro atoms. The number of carbonyl (C=O) groups excluding carboxylic acids is 1. The van der Waals surface area contributed by atoms with Crippen LogP contribution in [0.3, 0.4) is 0 Å². The van der Waals surface area contributed by atoms with E-state index in [1.54, 1.807) is 0 Å². The largest absolute Gasteiger partial charge is 0.496 e. The van der Waals surface area contributed by atoms with Gasteiger partial charge in [0, 0.05) is 32.7 Å². The number of methoxy groups -OCH3 is 2. The van der Waals surface area contributed by atoms with Crippen LogP contribution in [-0.2, 0) is 14.8 Å². The molecule has 156 valence electrons. The number of hydrogen-bond acceptors (Lipinski definition) is 7. The summed E-state index contributed by atoms with van der Waals surface area (Å²) in [5, 5.41) is 3.28. The second-order valence-corrected chi connectivity index (χ2v) is 7.46. The van der Waals surface area contributed by atoms with Crippen LogP contribution in [-0.4, -0.2) is 72.8 Å². The van der Waals surface area contributed by atoms with Gasteiger partial charge in [0.05, 0.1) is 19.1 Å². The molecule has 1 aromatic carbocycles. The van der Waals surface area contributed by atoms with Gasteiger partial charge < -0.3 is 19.7 Å². The van der Waals surface area contributed by atoms with E-state index in [1.165, 1.54) is 32.4 Å². The molecule has 1 aromatic rings. The van der Waals surface area contributed by atoms with Gasteiger partial charge in [-0.3, -0.25) is 0 Å². The molecule has 0 atom stereocenters. The summed E-state index contributed by atoms with van der Waals surface area (Å²) in [6, 6.07) is 4.12. The fourth-order valence-electron chi connectivity index (χ4n) is 2.65. The zero-order valence-corrected chi connectivity index (χ0v) is 17.8. The highest BCUT2D eigenvalue weighted by Gasteiger charge is 2.20. The molecule has 0 radical (unpaired) electrons. The summed E-state index contributed by atoms with van der Waals surface area (Å²) in [6.07, 6.45) is 0.721. The van der Waals surface area contributed by atoms with Gasteiger partial charge >= 0.3 is 5.97 Å². The van der Waals surface area contributed by atoms with Crippen LogP contribution in [0.2, 0.25) is 0 Å². The zero-order chi connectivity index (χ0) is 18.3. The van der Waals surface area contributed by atoms with E-state index in [4.69, 9.17) is 4.74 Å². The highest BCUT2D eigenvalue weighted by molar-refractivity contribution is 7.89. The predicted molar refractivity (Wildman–Crippen MR) is 108 cm³/mol. The Balaban J connectivity index is 0.00000338. The predicted octanol–water partition coefficient (Wildman–Crippen LogP) is 0.899. The van der Waals surface area contributed by atoms with Crippen molar-refractivity contribution in [2.24, 2.45) is 0 Å². The van der Waals surface area contributed by atoms with Crippen LogP contribution in [0.5, 0.6) is 5.75 Å². The Morgan fingerprint density at radius 1 is 1.22 bits per heavy atom. The first-order valence-electron chi connectivity index (χ1n) is 8.17. The second-order valence-electron chi connectivity index (χ2n) is 5.70. The fraction of sp³-hybridized carbons (Fsp3) is 0.562. The lowest BCUT2D eigenvalue weighted by atomic mass is 10.2. The normalized spacial score (nSPS) is 14.6. The van der Waals surface area contributed by atoms with Crippen LogP contribution < -0.4 is 14.8 Å². The number of benzene rings is 1. The molecular formula is C16H27Cl2N3O5S. The van der Waals surface area contributed by atoms with Crippen LogP contribution >= 0.6 is 24.8 Å². The first-order chi connectivity index (χ1) is 12.0. The van der Waals surface area contributed by atoms with Gasteiger partial charge in [-0.1, -0.05) is 0 Å². The Morgan fingerprint density at radius 3 is 2.48 bits per heavy atom. The van der Waals surface area contributed by atoms with Crippen molar-refractivity contribution in [3.8, 4) is 5.75 Å². The van der Waals surface area contributed by atoms with Gasteiger partial charge in [-0.2, -0.15) is 0 Å². The summed E-state index contributed by atoms with van der Waals surface area (Å²) in [4.78, 5) is 14.1. The molecular weight excluding hydrogens is 417 g/mol. The topological polar surface area (TPSA) is 97.0 Å². The molecule has 1 saturated heterocycles. The van der Waals surface area contributed by atoms with Gasteiger partial charge in [0.2, 0.25) is 10.0 Å². The molecule has 1 aliphatic heterocycles. The molecule has 0 amide bonds. The maximum atomic E-state index is 12.4. The standard InChI is InChI=1S/C16H25N3O5S.2ClH/c1-23-15-5-4-13(12-14(15)16(20)24-2)25(21,22)18-6-3-9-19-10-7-17-8-11-19;;/h4-5,12,17-18H,3,6-11H2,1-2H3;2*1H. The SMILES string of the molecule is COC(=O)c1cc(S(=O)(=O)NCCCN2CCNCC2)ccc1OC.Cl.Cl. The Kier molecular flexibility index (Phi) is 11.9. The molecule has 0 aliphatic carbocycles. The van der Waals surface area contributed by atoms with Crippen molar-refractivity contribution in [2.45, 2.75) is 11.3 Å². The number of halogens is 2. The summed E-state index contributed by atoms with van der Waals surface area (Å²) in [6.45, 7) is 5.08. The number of hydrogen-bond donors (Lipinski definition) is 2. The fourth-order valence-corrected chi connectivity index (χ4v) is 3.75. The average Bonchev–Trinajstić information content (AvgIpc) is 2.65. The number of nitrogens with one attached hydrogen (secondary N) is 2. The van der Waals surface area contributed by atoms with Crippen LogP contribution in [0.15, 0.2) is 23.1 Å². The quantitative estimate of drug-likeness (QED) is 0.454. The molecule has 2 N–H and O–H groups in total. The zero-order valence-electron chi connectivity index (χ0n) is 15.4. The minimum Gasteiger partial charge on any atom is -0.496 e. The van der Waals surface area contributed by atoms with Gasteiger partial charge in [-0.25, -0.2) is 17.9 Å². The number of rotatable bonds is 8. The number of ether oxygens (including phenoxy) is 2. The van der Waals surface area contributed by atoms with Crippen LogP contribution in [0.1, 0.15) is 16.8 Å². The lowest BCUT2D eigenvalue weighted by Crippen LogP contribution is -2.44. The first kappa shape index (κ1) is 25.9. The van der Waals surface area contributed by atoms with Crippen LogP contribution in [0, 0.1) is 0 Å². The van der Waals surface area contributed by atoms with E-state index in [2.05, 4.69) is 19.7 Å². The van der Waals surface area contributed by atoms with Crippen LogP contribution in [0.25, 0.3) is 0 Å². The molecule has 1 aliphatic rings. The minimum atomic E-state index is -3.70. The number of nitrogens with zero attached hydrogens (tertiary/aromatic N) is 1. The molecule has 11 heteroatoms. The Labute approximate surface area is 172 Å². The van der Waals surface area contributed by atoms with Crippen molar-refractivity contribution < 1.29 is 22.7 Å². The number of piperazine rings is 1. The monoisotopic (exact) mass is 443 g/mol. The van der Waals surface area contributed by atoms with Crippen LogP contribution in [0.4, 0.5) is 0 Å². The van der Waals surface area contributed by atoms with E-state index in [9.17, 15) is 13.2 Å². The highest BCUT2D eigenvalue weighted by atomic mass is 35.5. The number of esters is 1. The van der Waals surface area contributed by atoms with E-state index >= 15 is 0 Å². The van der Waals surface area contributed by atoms with E-state index < -0.39 is 16.0 Å². The molecule has 0 saturated carbocycles. The number of sulfonamides is 1. The van der Waals surface area contributed by atoms with Crippen molar-refractivity contribution in [1.82, 2.24) is 14.9 Å². The summed E-state index contributed by atoms with van der Waals surface area (Å²) in [5.74, 6) is -0.378. The van der Waals surface area contributed by atoms with E-state index in [0.29, 0.717) is 6.54 Å². The minimum absolute atomic E-state index is 0. The summed E-state index contributed by atoms with van der Waals surface area (Å²) < 4.78 is 37.2. The lowest BCUT2D eigenvalue weighted by molar-refractivity contribution is 0.0597. The molecule has 0 unspecified atom stereocenters. The third-order valence-corrected chi connectivity index (χ3v) is 5.50. The number of carbonyl (C=O) groups is 1. The average molecular weight is 444 g/mol. The van der Waals surface area contributed by atoms with Crippen molar-refractivity contribution >= 4 is 40.8 Å². The third kappa shape index (κ3) is 7.44. The van der Waals surface area contributed by atoms with Gasteiger partial charge in [-0.05, 0) is 31.2 Å². The molecule has 1 heterocycles. The highest BCUT2D eigenvalue weighted by Crippen LogP contribution is 2.23. The Hall–Kier alpha value is -1.10. The molecule has 2 rings (SSSR count). The summed E-state index contributed by atoms with van der Waals surface area (Å²) >= 11 is 0. The first-order valence-corrected chi connectivity index (χ1v) is 9.65. The molecule has 0 bridgehead atoms. The van der Waals surface area contributed by atoms with E-state index in [0.717, 1.165) is 39.1 Å². The van der Waals surface area contributed by atoms with Crippen molar-refractivity contribution in [3.05, 3.63) is 23.8 Å². The Bertz CT molecular complexity index is 697. The van der Waals surface area contributed by atoms with E-state index in [-0.39, 0.29) is 41.0 Å². The van der Waals surface area contributed by atoms with Gasteiger partial charge in [0.1, 0.15) is 11.3 Å². The van der Waals surface area contributed by atoms with Crippen molar-refractivity contribution in [3.63, 3.8) is 0 Å².